The Hall–Kier alpha value is -0.420. The highest BCUT2D eigenvalue weighted by Gasteiger charge is 1.96. The van der Waals surface area contributed by atoms with Crippen LogP contribution in [0, 0.1) is 6.92 Å². The molecule has 0 spiro atoms. The Morgan fingerprint density at radius 2 is 2.07 bits per heavy atom. The maximum atomic E-state index is 9.01. The number of thiophene rings is 1. The molecule has 1 aromatic heterocycles. The van der Waals surface area contributed by atoms with Crippen LogP contribution in [-0.4, -0.2) is 30.8 Å². The number of aryl methyl sites for hydroxylation is 1. The van der Waals surface area contributed by atoms with Gasteiger partial charge in [0.25, 0.3) is 0 Å². The van der Waals surface area contributed by atoms with Crippen molar-refractivity contribution < 1.29 is 5.11 Å². The van der Waals surface area contributed by atoms with E-state index in [0.29, 0.717) is 6.54 Å². The van der Waals surface area contributed by atoms with Crippen molar-refractivity contribution in [1.29, 1.82) is 0 Å². The summed E-state index contributed by atoms with van der Waals surface area (Å²) < 4.78 is 0. The Bertz CT molecular complexity index is 273. The molecule has 4 heteroatoms. The van der Waals surface area contributed by atoms with Crippen LogP contribution in [0.5, 0.6) is 0 Å². The quantitative estimate of drug-likeness (QED) is 0.613. The molecule has 0 fully saturated rings. The van der Waals surface area contributed by atoms with Crippen molar-refractivity contribution in [1.82, 2.24) is 10.6 Å². The first-order valence-electron chi connectivity index (χ1n) is 5.33. The highest BCUT2D eigenvalue weighted by molar-refractivity contribution is 7.11. The van der Waals surface area contributed by atoms with Gasteiger partial charge in [-0.2, -0.15) is 0 Å². The second kappa shape index (κ2) is 6.95. The van der Waals surface area contributed by atoms with E-state index in [1.807, 2.05) is 11.3 Å². The van der Waals surface area contributed by atoms with E-state index >= 15 is 0 Å². The van der Waals surface area contributed by atoms with Crippen LogP contribution in [0.1, 0.15) is 16.7 Å². The molecule has 1 aromatic rings. The van der Waals surface area contributed by atoms with E-state index in [1.54, 1.807) is 6.92 Å². The van der Waals surface area contributed by atoms with Gasteiger partial charge in [0.05, 0.1) is 6.10 Å². The third-order valence-corrected chi connectivity index (χ3v) is 3.01. The van der Waals surface area contributed by atoms with Crippen molar-refractivity contribution in [2.75, 3.05) is 19.6 Å². The number of nitrogens with one attached hydrogen (secondary N) is 2. The van der Waals surface area contributed by atoms with E-state index in [0.717, 1.165) is 19.6 Å². The first kappa shape index (κ1) is 12.6. The Balaban J connectivity index is 1.98. The number of hydrogen-bond donors (Lipinski definition) is 3. The Labute approximate surface area is 95.5 Å². The van der Waals surface area contributed by atoms with Gasteiger partial charge in [0, 0.05) is 35.9 Å². The largest absolute Gasteiger partial charge is 0.392 e. The second-order valence-electron chi connectivity index (χ2n) is 3.74. The molecule has 0 saturated carbocycles. The highest BCUT2D eigenvalue weighted by atomic mass is 32.1. The summed E-state index contributed by atoms with van der Waals surface area (Å²) >= 11 is 1.83. The van der Waals surface area contributed by atoms with Gasteiger partial charge in [-0.15, -0.1) is 11.3 Å². The topological polar surface area (TPSA) is 44.3 Å². The molecule has 3 nitrogen and oxygen atoms in total. The van der Waals surface area contributed by atoms with Crippen molar-refractivity contribution in [2.45, 2.75) is 26.5 Å². The second-order valence-corrected chi connectivity index (χ2v) is 5.11. The molecule has 0 bridgehead atoms. The molecule has 0 aliphatic rings. The minimum atomic E-state index is -0.259. The molecule has 0 aliphatic carbocycles. The molecule has 1 rings (SSSR count). The van der Waals surface area contributed by atoms with Crippen LogP contribution in [-0.2, 0) is 6.54 Å². The third kappa shape index (κ3) is 5.89. The zero-order valence-corrected chi connectivity index (χ0v) is 10.2. The zero-order valence-electron chi connectivity index (χ0n) is 9.42. The number of hydrogen-bond acceptors (Lipinski definition) is 4. The summed E-state index contributed by atoms with van der Waals surface area (Å²) in [6, 6.07) is 4.31. The number of aliphatic hydroxyl groups is 1. The molecule has 0 unspecified atom stereocenters. The Morgan fingerprint density at radius 3 is 2.67 bits per heavy atom. The zero-order chi connectivity index (χ0) is 11.1. The van der Waals surface area contributed by atoms with Crippen molar-refractivity contribution in [3.63, 3.8) is 0 Å². The summed E-state index contributed by atoms with van der Waals surface area (Å²) in [5.74, 6) is 0. The van der Waals surface area contributed by atoms with Crippen molar-refractivity contribution in [3.8, 4) is 0 Å². The van der Waals surface area contributed by atoms with Gasteiger partial charge in [-0.3, -0.25) is 0 Å². The molecule has 0 aliphatic heterocycles. The molecule has 15 heavy (non-hydrogen) atoms. The van der Waals surface area contributed by atoms with E-state index in [2.05, 4.69) is 29.7 Å². The van der Waals surface area contributed by atoms with Crippen molar-refractivity contribution >= 4 is 11.3 Å². The van der Waals surface area contributed by atoms with Crippen molar-refractivity contribution in [2.24, 2.45) is 0 Å². The summed E-state index contributed by atoms with van der Waals surface area (Å²) in [6.07, 6.45) is -0.259. The molecule has 0 saturated heterocycles. The van der Waals surface area contributed by atoms with E-state index < -0.39 is 0 Å². The Morgan fingerprint density at radius 1 is 1.33 bits per heavy atom. The average Bonchev–Trinajstić information content (AvgIpc) is 2.57. The Kier molecular flexibility index (Phi) is 5.86. The lowest BCUT2D eigenvalue weighted by molar-refractivity contribution is 0.191. The molecule has 0 amide bonds. The summed E-state index contributed by atoms with van der Waals surface area (Å²) in [4.78, 5) is 2.74. The van der Waals surface area contributed by atoms with Gasteiger partial charge < -0.3 is 15.7 Å². The van der Waals surface area contributed by atoms with Crippen LogP contribution in [0.25, 0.3) is 0 Å². The van der Waals surface area contributed by atoms with Crippen LogP contribution in [0.4, 0.5) is 0 Å². The van der Waals surface area contributed by atoms with Gasteiger partial charge in [0.15, 0.2) is 0 Å². The summed E-state index contributed by atoms with van der Waals surface area (Å²) in [5, 5.41) is 15.5. The predicted octanol–water partition coefficient (Wildman–Crippen LogP) is 1.12. The summed E-state index contributed by atoms with van der Waals surface area (Å²) in [5.41, 5.74) is 0. The lowest BCUT2D eigenvalue weighted by Gasteiger charge is -2.07. The fourth-order valence-corrected chi connectivity index (χ4v) is 2.14. The van der Waals surface area contributed by atoms with Crippen LogP contribution in [0.3, 0.4) is 0 Å². The lowest BCUT2D eigenvalue weighted by atomic mass is 10.4. The van der Waals surface area contributed by atoms with E-state index in [9.17, 15) is 0 Å². The predicted molar refractivity (Wildman–Crippen MR) is 65.3 cm³/mol. The average molecular weight is 228 g/mol. The third-order valence-electron chi connectivity index (χ3n) is 2.01. The minimum absolute atomic E-state index is 0.259. The molecule has 3 N–H and O–H groups in total. The maximum absolute atomic E-state index is 9.01. The molecule has 86 valence electrons. The normalized spacial score (nSPS) is 13.0. The molecular weight excluding hydrogens is 208 g/mol. The first-order valence-corrected chi connectivity index (χ1v) is 6.15. The van der Waals surface area contributed by atoms with E-state index in [1.165, 1.54) is 9.75 Å². The van der Waals surface area contributed by atoms with Gasteiger partial charge in [0.2, 0.25) is 0 Å². The van der Waals surface area contributed by atoms with Crippen LogP contribution in [0.15, 0.2) is 12.1 Å². The van der Waals surface area contributed by atoms with Crippen LogP contribution < -0.4 is 10.6 Å². The summed E-state index contributed by atoms with van der Waals surface area (Å²) in [6.45, 7) is 7.35. The van der Waals surface area contributed by atoms with Crippen LogP contribution >= 0.6 is 11.3 Å². The standard InChI is InChI=1S/C11H20N2OS/c1-9(14)7-12-5-6-13-8-11-4-3-10(2)15-11/h3-4,9,12-14H,5-8H2,1-2H3/t9-/m0/s1. The fraction of sp³-hybridized carbons (Fsp3) is 0.636. The molecule has 0 aromatic carbocycles. The number of rotatable bonds is 7. The van der Waals surface area contributed by atoms with Gasteiger partial charge in [0.1, 0.15) is 0 Å². The SMILES string of the molecule is Cc1ccc(CNCCNC[C@H](C)O)s1. The fourth-order valence-electron chi connectivity index (χ4n) is 1.28. The van der Waals surface area contributed by atoms with Gasteiger partial charge in [-0.1, -0.05) is 0 Å². The number of aliphatic hydroxyl groups excluding tert-OH is 1. The maximum Gasteiger partial charge on any atom is 0.0636 e. The smallest absolute Gasteiger partial charge is 0.0636 e. The molecular formula is C11H20N2OS. The summed E-state index contributed by atoms with van der Waals surface area (Å²) in [7, 11) is 0. The van der Waals surface area contributed by atoms with Gasteiger partial charge >= 0.3 is 0 Å². The van der Waals surface area contributed by atoms with Gasteiger partial charge in [-0.25, -0.2) is 0 Å². The molecule has 0 radical (unpaired) electrons. The highest BCUT2D eigenvalue weighted by Crippen LogP contribution is 2.13. The van der Waals surface area contributed by atoms with Crippen molar-refractivity contribution in [3.05, 3.63) is 21.9 Å². The molecule has 1 heterocycles. The minimum Gasteiger partial charge on any atom is -0.392 e. The lowest BCUT2D eigenvalue weighted by Crippen LogP contribution is -2.31. The van der Waals surface area contributed by atoms with E-state index in [4.69, 9.17) is 5.11 Å². The first-order chi connectivity index (χ1) is 7.18. The monoisotopic (exact) mass is 228 g/mol. The van der Waals surface area contributed by atoms with E-state index in [-0.39, 0.29) is 6.10 Å². The van der Waals surface area contributed by atoms with Gasteiger partial charge in [-0.05, 0) is 26.0 Å². The van der Waals surface area contributed by atoms with Crippen LogP contribution in [0.2, 0.25) is 0 Å². The molecule has 1 atom stereocenters.